The molecule has 2 heterocycles. The Hall–Kier alpha value is -1.64. The maximum absolute atomic E-state index is 2.35. The van der Waals surface area contributed by atoms with Gasteiger partial charge in [-0.15, -0.1) is 22.7 Å². The lowest BCUT2D eigenvalue weighted by molar-refractivity contribution is 0.601. The summed E-state index contributed by atoms with van der Waals surface area (Å²) in [6.45, 7) is 4.60. The molecule has 0 aliphatic carbocycles. The number of thiophene rings is 2. The van der Waals surface area contributed by atoms with Crippen molar-refractivity contribution in [2.24, 2.45) is 0 Å². The Morgan fingerprint density at radius 3 is 1.85 bits per heavy atom. The fourth-order valence-electron chi connectivity index (χ4n) is 4.68. The van der Waals surface area contributed by atoms with Crippen LogP contribution in [-0.4, -0.2) is 0 Å². The van der Waals surface area contributed by atoms with Crippen molar-refractivity contribution in [2.75, 3.05) is 0 Å². The summed E-state index contributed by atoms with van der Waals surface area (Å²) in [5, 5.41) is 5.01. The number of rotatable bonds is 14. The summed E-state index contributed by atoms with van der Waals surface area (Å²) < 4.78 is 2.88. The average molecular weight is 493 g/mol. The van der Waals surface area contributed by atoms with E-state index >= 15 is 0 Å². The molecule has 2 aromatic heterocycles. The summed E-state index contributed by atoms with van der Waals surface area (Å²) in [6.07, 6.45) is 19.3. The molecule has 0 saturated carbocycles. The first kappa shape index (κ1) is 27.0. The highest BCUT2D eigenvalue weighted by molar-refractivity contribution is 7.19. The Morgan fingerprint density at radius 2 is 1.15 bits per heavy atom. The van der Waals surface area contributed by atoms with E-state index in [2.05, 4.69) is 85.2 Å². The third-order valence-corrected chi connectivity index (χ3v) is 8.85. The quantitative estimate of drug-likeness (QED) is 0.153. The Bertz CT molecular complexity index is 1020. The van der Waals surface area contributed by atoms with E-state index in [0.717, 1.165) is 0 Å². The fraction of sp³-hybridized carbons (Fsp3) is 0.500. The predicted molar refractivity (Wildman–Crippen MR) is 158 cm³/mol. The van der Waals surface area contributed by atoms with Crippen molar-refractivity contribution in [1.82, 2.24) is 0 Å². The van der Waals surface area contributed by atoms with Crippen LogP contribution in [0, 0.1) is 0 Å². The molecular formula is C32H44S2. The molecule has 4 aromatic rings. The van der Waals surface area contributed by atoms with Gasteiger partial charge in [-0.2, -0.15) is 0 Å². The normalized spacial score (nSPS) is 11.1. The van der Waals surface area contributed by atoms with Gasteiger partial charge in [0.15, 0.2) is 0 Å². The van der Waals surface area contributed by atoms with Crippen LogP contribution in [0.1, 0.15) is 101 Å². The van der Waals surface area contributed by atoms with E-state index in [1.807, 2.05) is 0 Å². The molecule has 184 valence electrons. The van der Waals surface area contributed by atoms with Gasteiger partial charge in [-0.1, -0.05) is 114 Å². The van der Waals surface area contributed by atoms with Crippen LogP contribution in [0.25, 0.3) is 20.2 Å². The van der Waals surface area contributed by atoms with Gasteiger partial charge in [0.05, 0.1) is 0 Å². The third-order valence-electron chi connectivity index (χ3n) is 6.68. The van der Waals surface area contributed by atoms with Gasteiger partial charge < -0.3 is 0 Å². The molecule has 34 heavy (non-hydrogen) atoms. The molecular weight excluding hydrogens is 448 g/mol. The molecule has 0 atom stereocenters. The maximum atomic E-state index is 2.35. The summed E-state index contributed by atoms with van der Waals surface area (Å²) in [7, 11) is 0. The first-order valence-corrected chi connectivity index (χ1v) is 15.4. The molecule has 2 heteroatoms. The van der Waals surface area contributed by atoms with Crippen LogP contribution in [-0.2, 0) is 12.8 Å². The van der Waals surface area contributed by atoms with Gasteiger partial charge in [0.2, 0.25) is 0 Å². The standard InChI is InChI=1S/C24H38S.C8H6S/c1-3-5-7-9-11-13-17-21-22-18-15-16-20-24(22)25-23(21)19-14-12-10-8-6-4-2;1-2-4-8-7(3-1)5-6-9-8/h15-16,18,20H,3-14,17,19H2,1-2H3;1-6H. The maximum Gasteiger partial charge on any atom is 0.0348 e. The van der Waals surface area contributed by atoms with Crippen molar-refractivity contribution in [3.63, 3.8) is 0 Å². The minimum absolute atomic E-state index is 1.29. The van der Waals surface area contributed by atoms with E-state index < -0.39 is 0 Å². The van der Waals surface area contributed by atoms with Gasteiger partial charge in [-0.3, -0.25) is 0 Å². The van der Waals surface area contributed by atoms with Crippen LogP contribution < -0.4 is 0 Å². The van der Waals surface area contributed by atoms with Gasteiger partial charge in [-0.25, -0.2) is 0 Å². The van der Waals surface area contributed by atoms with Gasteiger partial charge in [0, 0.05) is 14.3 Å². The van der Waals surface area contributed by atoms with Crippen molar-refractivity contribution in [3.8, 4) is 0 Å². The Labute approximate surface area is 216 Å². The first-order chi connectivity index (χ1) is 16.8. The summed E-state index contributed by atoms with van der Waals surface area (Å²) in [5.41, 5.74) is 1.68. The predicted octanol–water partition coefficient (Wildman–Crippen LogP) is 11.6. The average Bonchev–Trinajstić information content (AvgIpc) is 3.48. The molecule has 0 aliphatic heterocycles. The molecule has 2 aromatic carbocycles. The minimum Gasteiger partial charge on any atom is -0.144 e. The SMILES string of the molecule is CCCCCCCCc1sc2ccccc2c1CCCCCCCC.c1ccc2sccc2c1. The van der Waals surface area contributed by atoms with Crippen molar-refractivity contribution in [1.29, 1.82) is 0 Å². The molecule has 0 unspecified atom stereocenters. The number of unbranched alkanes of at least 4 members (excludes halogenated alkanes) is 10. The largest absolute Gasteiger partial charge is 0.144 e. The number of benzene rings is 2. The summed E-state index contributed by atoms with van der Waals surface area (Å²) in [4.78, 5) is 1.69. The van der Waals surface area contributed by atoms with E-state index in [1.54, 1.807) is 27.2 Å². The second-order valence-electron chi connectivity index (χ2n) is 9.49. The first-order valence-electron chi connectivity index (χ1n) is 13.7. The third kappa shape index (κ3) is 8.86. The molecule has 0 saturated heterocycles. The highest BCUT2D eigenvalue weighted by Crippen LogP contribution is 2.34. The van der Waals surface area contributed by atoms with Gasteiger partial charge in [0.1, 0.15) is 0 Å². The lowest BCUT2D eigenvalue weighted by atomic mass is 10.00. The Morgan fingerprint density at radius 1 is 0.559 bits per heavy atom. The molecule has 0 fully saturated rings. The van der Waals surface area contributed by atoms with Gasteiger partial charge in [-0.05, 0) is 65.6 Å². The van der Waals surface area contributed by atoms with Crippen molar-refractivity contribution in [3.05, 3.63) is 70.4 Å². The van der Waals surface area contributed by atoms with E-state index in [9.17, 15) is 0 Å². The van der Waals surface area contributed by atoms with Crippen LogP contribution >= 0.6 is 22.7 Å². The van der Waals surface area contributed by atoms with E-state index in [0.29, 0.717) is 0 Å². The molecule has 0 aliphatic rings. The molecule has 0 radical (unpaired) electrons. The smallest absolute Gasteiger partial charge is 0.0348 e. The topological polar surface area (TPSA) is 0 Å². The van der Waals surface area contributed by atoms with Crippen LogP contribution in [0.4, 0.5) is 0 Å². The zero-order valence-corrected chi connectivity index (χ0v) is 23.1. The monoisotopic (exact) mass is 492 g/mol. The number of aryl methyl sites for hydroxylation is 2. The molecule has 0 nitrogen and oxygen atoms in total. The molecule has 0 spiro atoms. The zero-order chi connectivity index (χ0) is 23.8. The second kappa shape index (κ2) is 16.1. The number of fused-ring (bicyclic) bond motifs is 2. The van der Waals surface area contributed by atoms with E-state index in [4.69, 9.17) is 0 Å². The highest BCUT2D eigenvalue weighted by atomic mass is 32.1. The number of hydrogen-bond acceptors (Lipinski definition) is 2. The van der Waals surface area contributed by atoms with E-state index in [1.165, 1.54) is 105 Å². The molecule has 0 bridgehead atoms. The highest BCUT2D eigenvalue weighted by Gasteiger charge is 2.11. The van der Waals surface area contributed by atoms with Crippen LogP contribution in [0.2, 0.25) is 0 Å². The summed E-state index contributed by atoms with van der Waals surface area (Å²) >= 11 is 3.85. The van der Waals surface area contributed by atoms with E-state index in [-0.39, 0.29) is 0 Å². The summed E-state index contributed by atoms with van der Waals surface area (Å²) in [6, 6.07) is 19.6. The van der Waals surface area contributed by atoms with Crippen LogP contribution in [0.5, 0.6) is 0 Å². The van der Waals surface area contributed by atoms with Gasteiger partial charge in [0.25, 0.3) is 0 Å². The van der Waals surface area contributed by atoms with Gasteiger partial charge >= 0.3 is 0 Å². The van der Waals surface area contributed by atoms with Crippen molar-refractivity contribution >= 4 is 42.8 Å². The molecule has 4 rings (SSSR count). The Kier molecular flexibility index (Phi) is 12.8. The molecule has 0 N–H and O–H groups in total. The Balaban J connectivity index is 0.000000296. The lowest BCUT2D eigenvalue weighted by Gasteiger charge is -2.06. The lowest BCUT2D eigenvalue weighted by Crippen LogP contribution is -1.92. The summed E-state index contributed by atoms with van der Waals surface area (Å²) in [5.74, 6) is 0. The number of hydrogen-bond donors (Lipinski definition) is 0. The van der Waals surface area contributed by atoms with Crippen molar-refractivity contribution < 1.29 is 0 Å². The zero-order valence-electron chi connectivity index (χ0n) is 21.5. The van der Waals surface area contributed by atoms with Crippen LogP contribution in [0.15, 0.2) is 60.0 Å². The van der Waals surface area contributed by atoms with Crippen molar-refractivity contribution in [2.45, 2.75) is 104 Å². The molecule has 0 amide bonds. The fourth-order valence-corrected chi connectivity index (χ4v) is 6.77. The second-order valence-corrected chi connectivity index (χ2v) is 11.6. The minimum atomic E-state index is 1.29. The van der Waals surface area contributed by atoms with Crippen LogP contribution in [0.3, 0.4) is 0 Å².